The quantitative estimate of drug-likeness (QED) is 0.860. The Kier molecular flexibility index (Phi) is 3.44. The number of benzene rings is 1. The van der Waals surface area contributed by atoms with E-state index >= 15 is 0 Å². The lowest BCUT2D eigenvalue weighted by molar-refractivity contribution is 0.447. The predicted octanol–water partition coefficient (Wildman–Crippen LogP) is 2.73. The molecule has 0 aliphatic rings. The van der Waals surface area contributed by atoms with Gasteiger partial charge in [-0.15, -0.1) is 11.3 Å². The predicted molar refractivity (Wildman–Crippen MR) is 60.2 cm³/mol. The van der Waals surface area contributed by atoms with Crippen molar-refractivity contribution in [3.05, 3.63) is 40.7 Å². The fourth-order valence-corrected chi connectivity index (χ4v) is 2.22. The second kappa shape index (κ2) is 4.85. The summed E-state index contributed by atoms with van der Waals surface area (Å²) in [6, 6.07) is 1.87. The maximum atomic E-state index is 13.0. The fraction of sp³-hybridized carbons (Fsp3) is 0.182. The molecule has 0 aliphatic carbocycles. The second-order valence-corrected chi connectivity index (χ2v) is 4.29. The molecule has 6 heteroatoms. The normalized spacial score (nSPS) is 10.8. The molecule has 90 valence electrons. The molecule has 2 aromatic rings. The molecule has 0 bridgehead atoms. The van der Waals surface area contributed by atoms with Gasteiger partial charge in [-0.3, -0.25) is 0 Å². The van der Waals surface area contributed by atoms with Crippen LogP contribution in [0.2, 0.25) is 0 Å². The van der Waals surface area contributed by atoms with E-state index in [0.717, 1.165) is 17.8 Å². The lowest BCUT2D eigenvalue weighted by Crippen LogP contribution is -2.02. The van der Waals surface area contributed by atoms with Crippen molar-refractivity contribution < 1.29 is 13.2 Å². The van der Waals surface area contributed by atoms with Crippen LogP contribution in [0.25, 0.3) is 10.6 Å². The zero-order valence-corrected chi connectivity index (χ0v) is 9.53. The lowest BCUT2D eigenvalue weighted by Gasteiger charge is -1.99. The van der Waals surface area contributed by atoms with Crippen molar-refractivity contribution in [2.24, 2.45) is 5.73 Å². The Morgan fingerprint density at radius 1 is 1.18 bits per heavy atom. The maximum Gasteiger partial charge on any atom is 0.194 e. The van der Waals surface area contributed by atoms with Crippen molar-refractivity contribution in [3.8, 4) is 10.6 Å². The van der Waals surface area contributed by atoms with Crippen molar-refractivity contribution in [1.29, 1.82) is 0 Å². The molecule has 0 aliphatic heterocycles. The molecule has 1 aromatic heterocycles. The van der Waals surface area contributed by atoms with Crippen molar-refractivity contribution in [2.45, 2.75) is 6.42 Å². The summed E-state index contributed by atoms with van der Waals surface area (Å²) in [5.41, 5.74) is 6.36. The van der Waals surface area contributed by atoms with Crippen LogP contribution in [-0.2, 0) is 6.42 Å². The van der Waals surface area contributed by atoms with Gasteiger partial charge >= 0.3 is 0 Å². The van der Waals surface area contributed by atoms with Crippen LogP contribution in [-0.4, -0.2) is 11.5 Å². The van der Waals surface area contributed by atoms with E-state index in [1.165, 1.54) is 11.3 Å². The average Bonchev–Trinajstić information content (AvgIpc) is 2.74. The Bertz CT molecular complexity index is 516. The van der Waals surface area contributed by atoms with Crippen LogP contribution in [0.15, 0.2) is 17.5 Å². The molecule has 0 spiro atoms. The first-order chi connectivity index (χ1) is 8.11. The van der Waals surface area contributed by atoms with E-state index in [1.54, 1.807) is 5.38 Å². The maximum absolute atomic E-state index is 13.0. The van der Waals surface area contributed by atoms with Crippen LogP contribution in [0.4, 0.5) is 13.2 Å². The molecule has 0 fully saturated rings. The van der Waals surface area contributed by atoms with Crippen LogP contribution in [0, 0.1) is 17.5 Å². The van der Waals surface area contributed by atoms with Gasteiger partial charge < -0.3 is 5.73 Å². The molecule has 0 unspecified atom stereocenters. The van der Waals surface area contributed by atoms with Gasteiger partial charge in [-0.1, -0.05) is 0 Å². The zero-order valence-electron chi connectivity index (χ0n) is 8.71. The van der Waals surface area contributed by atoms with E-state index in [-0.39, 0.29) is 5.56 Å². The number of hydrogen-bond donors (Lipinski definition) is 1. The average molecular weight is 258 g/mol. The highest BCUT2D eigenvalue weighted by Gasteiger charge is 2.13. The Hall–Kier alpha value is -1.40. The largest absolute Gasteiger partial charge is 0.330 e. The first-order valence-corrected chi connectivity index (χ1v) is 5.79. The van der Waals surface area contributed by atoms with E-state index in [4.69, 9.17) is 5.73 Å². The third-order valence-electron chi connectivity index (χ3n) is 2.18. The van der Waals surface area contributed by atoms with Crippen LogP contribution in [0.1, 0.15) is 5.69 Å². The molecule has 17 heavy (non-hydrogen) atoms. The summed E-state index contributed by atoms with van der Waals surface area (Å²) >= 11 is 1.24. The highest BCUT2D eigenvalue weighted by molar-refractivity contribution is 7.13. The zero-order chi connectivity index (χ0) is 12.4. The summed E-state index contributed by atoms with van der Waals surface area (Å²) in [5, 5.41) is 2.22. The SMILES string of the molecule is NCCc1csc(-c2cc(F)c(F)c(F)c2)n1. The molecule has 2 nitrogen and oxygen atoms in total. The number of nitrogens with two attached hydrogens (primary N) is 1. The summed E-state index contributed by atoms with van der Waals surface area (Å²) < 4.78 is 38.8. The monoisotopic (exact) mass is 258 g/mol. The van der Waals surface area contributed by atoms with Crippen molar-refractivity contribution in [1.82, 2.24) is 4.98 Å². The van der Waals surface area contributed by atoms with E-state index < -0.39 is 17.5 Å². The molecule has 0 saturated carbocycles. The van der Waals surface area contributed by atoms with E-state index in [2.05, 4.69) is 4.98 Å². The van der Waals surface area contributed by atoms with Crippen LogP contribution in [0.3, 0.4) is 0 Å². The lowest BCUT2D eigenvalue weighted by atomic mass is 10.2. The van der Waals surface area contributed by atoms with Gasteiger partial charge in [0.2, 0.25) is 0 Å². The van der Waals surface area contributed by atoms with Gasteiger partial charge in [-0.05, 0) is 18.7 Å². The summed E-state index contributed by atoms with van der Waals surface area (Å²) in [4.78, 5) is 4.16. The van der Waals surface area contributed by atoms with E-state index in [0.29, 0.717) is 18.0 Å². The topological polar surface area (TPSA) is 38.9 Å². The standard InChI is InChI=1S/C11H9F3N2S/c12-8-3-6(4-9(13)10(8)14)11-16-7(1-2-15)5-17-11/h3-5H,1-2,15H2. The summed E-state index contributed by atoms with van der Waals surface area (Å²) in [5.74, 6) is -3.89. The number of thiazole rings is 1. The summed E-state index contributed by atoms with van der Waals surface area (Å²) in [6.45, 7) is 0.454. The van der Waals surface area contributed by atoms with Gasteiger partial charge in [0.15, 0.2) is 17.5 Å². The van der Waals surface area contributed by atoms with Crippen LogP contribution < -0.4 is 5.73 Å². The molecule has 0 radical (unpaired) electrons. The Morgan fingerprint density at radius 2 is 1.82 bits per heavy atom. The van der Waals surface area contributed by atoms with Gasteiger partial charge in [-0.2, -0.15) is 0 Å². The third-order valence-corrected chi connectivity index (χ3v) is 3.12. The minimum atomic E-state index is -1.47. The molecule has 1 heterocycles. The van der Waals surface area contributed by atoms with Gasteiger partial charge in [0, 0.05) is 17.4 Å². The second-order valence-electron chi connectivity index (χ2n) is 3.44. The number of rotatable bonds is 3. The van der Waals surface area contributed by atoms with Crippen molar-refractivity contribution >= 4 is 11.3 Å². The molecule has 1 aromatic carbocycles. The summed E-state index contributed by atoms with van der Waals surface area (Å²) in [7, 11) is 0. The minimum Gasteiger partial charge on any atom is -0.330 e. The highest BCUT2D eigenvalue weighted by Crippen LogP contribution is 2.26. The van der Waals surface area contributed by atoms with Crippen molar-refractivity contribution in [3.63, 3.8) is 0 Å². The van der Waals surface area contributed by atoms with Gasteiger partial charge in [-0.25, -0.2) is 18.2 Å². The van der Waals surface area contributed by atoms with Gasteiger partial charge in [0.25, 0.3) is 0 Å². The first kappa shape index (κ1) is 12.1. The molecular formula is C11H9F3N2S. The summed E-state index contributed by atoms with van der Waals surface area (Å²) in [6.07, 6.45) is 0.600. The molecule has 0 atom stereocenters. The Morgan fingerprint density at radius 3 is 2.41 bits per heavy atom. The number of aromatic nitrogens is 1. The first-order valence-electron chi connectivity index (χ1n) is 4.91. The number of hydrogen-bond acceptors (Lipinski definition) is 3. The number of halogens is 3. The van der Waals surface area contributed by atoms with Gasteiger partial charge in [0.1, 0.15) is 5.01 Å². The van der Waals surface area contributed by atoms with Crippen LogP contribution in [0.5, 0.6) is 0 Å². The minimum absolute atomic E-state index is 0.231. The van der Waals surface area contributed by atoms with Gasteiger partial charge in [0.05, 0.1) is 5.69 Å². The highest BCUT2D eigenvalue weighted by atomic mass is 32.1. The van der Waals surface area contributed by atoms with E-state index in [1.807, 2.05) is 0 Å². The molecule has 2 rings (SSSR count). The van der Waals surface area contributed by atoms with Crippen molar-refractivity contribution in [2.75, 3.05) is 6.54 Å². The Balaban J connectivity index is 2.39. The van der Waals surface area contributed by atoms with Crippen LogP contribution >= 0.6 is 11.3 Å². The fourth-order valence-electron chi connectivity index (χ4n) is 1.38. The third kappa shape index (κ3) is 2.48. The smallest absolute Gasteiger partial charge is 0.194 e. The van der Waals surface area contributed by atoms with E-state index in [9.17, 15) is 13.2 Å². The Labute approximate surface area is 99.9 Å². The molecule has 2 N–H and O–H groups in total. The molecule has 0 amide bonds. The number of nitrogens with zero attached hydrogens (tertiary/aromatic N) is 1. The molecular weight excluding hydrogens is 249 g/mol. The molecule has 0 saturated heterocycles.